The molecule has 2 rings (SSSR count). The lowest BCUT2D eigenvalue weighted by molar-refractivity contribution is -0.137. The molecular weight excluding hydrogens is 271 g/mol. The molecule has 0 bridgehead atoms. The fraction of sp³-hybridized carbons (Fsp3) is 0.176. The molecule has 0 saturated carbocycles. The van der Waals surface area contributed by atoms with Crippen LogP contribution in [0, 0.1) is 11.7 Å². The third-order valence-electron chi connectivity index (χ3n) is 3.28. The fourth-order valence-electron chi connectivity index (χ4n) is 2.11. The van der Waals surface area contributed by atoms with Gasteiger partial charge in [0.1, 0.15) is 5.82 Å². The highest BCUT2D eigenvalue weighted by Crippen LogP contribution is 2.21. The minimum Gasteiger partial charge on any atom is -0.481 e. The number of ketones is 1. The van der Waals surface area contributed by atoms with E-state index in [0.717, 1.165) is 11.1 Å². The molecule has 1 N–H and O–H groups in total. The van der Waals surface area contributed by atoms with Crippen LogP contribution in [0.2, 0.25) is 0 Å². The van der Waals surface area contributed by atoms with Gasteiger partial charge in [-0.05, 0) is 23.3 Å². The molecular formula is C17H15FO3. The van der Waals surface area contributed by atoms with Gasteiger partial charge in [-0.15, -0.1) is 0 Å². The van der Waals surface area contributed by atoms with E-state index in [9.17, 15) is 14.0 Å². The molecule has 2 aromatic rings. The van der Waals surface area contributed by atoms with E-state index in [1.807, 2.05) is 0 Å². The van der Waals surface area contributed by atoms with Gasteiger partial charge in [0.05, 0.1) is 6.42 Å². The number of hydrogen-bond acceptors (Lipinski definition) is 2. The molecule has 4 heteroatoms. The average molecular weight is 286 g/mol. The van der Waals surface area contributed by atoms with Crippen LogP contribution < -0.4 is 0 Å². The molecule has 0 fully saturated rings. The first kappa shape index (κ1) is 14.9. The minimum atomic E-state index is -0.987. The number of aliphatic carboxylic acids is 1. The minimum absolute atomic E-state index is 0.182. The zero-order chi connectivity index (χ0) is 15.4. The molecule has 2 aromatic carbocycles. The quantitative estimate of drug-likeness (QED) is 0.851. The Bertz CT molecular complexity index is 645. The van der Waals surface area contributed by atoms with Crippen molar-refractivity contribution in [2.75, 3.05) is 0 Å². The topological polar surface area (TPSA) is 54.4 Å². The van der Waals surface area contributed by atoms with E-state index in [1.165, 1.54) is 12.1 Å². The Hall–Kier alpha value is -2.49. The summed E-state index contributed by atoms with van der Waals surface area (Å²) in [6.45, 7) is 1.60. The largest absolute Gasteiger partial charge is 0.481 e. The van der Waals surface area contributed by atoms with Crippen LogP contribution in [0.15, 0.2) is 48.5 Å². The number of halogens is 1. The first-order chi connectivity index (χ1) is 9.97. The zero-order valence-corrected chi connectivity index (χ0v) is 11.5. The van der Waals surface area contributed by atoms with Crippen LogP contribution in [-0.4, -0.2) is 16.9 Å². The average Bonchev–Trinajstić information content (AvgIpc) is 2.47. The molecule has 0 amide bonds. The van der Waals surface area contributed by atoms with Crippen molar-refractivity contribution in [2.45, 2.75) is 13.3 Å². The maximum atomic E-state index is 12.9. The summed E-state index contributed by atoms with van der Waals surface area (Å²) in [5, 5.41) is 8.71. The third-order valence-corrected chi connectivity index (χ3v) is 3.28. The van der Waals surface area contributed by atoms with Crippen LogP contribution in [-0.2, 0) is 4.79 Å². The molecule has 0 aromatic heterocycles. The second-order valence-corrected chi connectivity index (χ2v) is 4.95. The summed E-state index contributed by atoms with van der Waals surface area (Å²) < 4.78 is 12.9. The lowest BCUT2D eigenvalue weighted by atomic mass is 9.95. The summed E-state index contributed by atoms with van der Waals surface area (Å²) in [5.74, 6) is -2.03. The highest BCUT2D eigenvalue weighted by Gasteiger charge is 2.18. The van der Waals surface area contributed by atoms with Gasteiger partial charge in [0, 0.05) is 11.5 Å². The van der Waals surface area contributed by atoms with Crippen molar-refractivity contribution in [2.24, 2.45) is 5.92 Å². The summed E-state index contributed by atoms with van der Waals surface area (Å²) in [4.78, 5) is 22.7. The standard InChI is InChI=1S/C17H15FO3/c1-11(10-16(19)20)17(21)14-4-2-12(3-5-14)13-6-8-15(18)9-7-13/h2-9,11H,10H2,1H3,(H,19,20). The number of carbonyl (C=O) groups excluding carboxylic acids is 1. The maximum absolute atomic E-state index is 12.9. The monoisotopic (exact) mass is 286 g/mol. The van der Waals surface area contributed by atoms with E-state index < -0.39 is 11.9 Å². The Morgan fingerprint density at radius 2 is 1.48 bits per heavy atom. The van der Waals surface area contributed by atoms with E-state index in [-0.39, 0.29) is 18.0 Å². The molecule has 0 saturated heterocycles. The summed E-state index contributed by atoms with van der Waals surface area (Å²) in [6, 6.07) is 13.0. The van der Waals surface area contributed by atoms with E-state index in [2.05, 4.69) is 0 Å². The second kappa shape index (κ2) is 6.31. The van der Waals surface area contributed by atoms with Crippen molar-refractivity contribution in [1.82, 2.24) is 0 Å². The summed E-state index contributed by atoms with van der Waals surface area (Å²) >= 11 is 0. The molecule has 3 nitrogen and oxygen atoms in total. The summed E-state index contributed by atoms with van der Waals surface area (Å²) in [7, 11) is 0. The number of benzene rings is 2. The second-order valence-electron chi connectivity index (χ2n) is 4.95. The lowest BCUT2D eigenvalue weighted by Gasteiger charge is -2.08. The number of carboxylic acids is 1. The third kappa shape index (κ3) is 3.75. The predicted octanol–water partition coefficient (Wildman–Crippen LogP) is 3.79. The molecule has 108 valence electrons. The molecule has 1 unspecified atom stereocenters. The van der Waals surface area contributed by atoms with Gasteiger partial charge in [-0.3, -0.25) is 9.59 Å². The van der Waals surface area contributed by atoms with Gasteiger partial charge in [-0.25, -0.2) is 4.39 Å². The van der Waals surface area contributed by atoms with Gasteiger partial charge in [0.2, 0.25) is 0 Å². The Morgan fingerprint density at radius 3 is 1.95 bits per heavy atom. The number of carboxylic acid groups (broad SMARTS) is 1. The number of Topliss-reactive ketones (excluding diaryl/α,β-unsaturated/α-hetero) is 1. The summed E-state index contributed by atoms with van der Waals surface area (Å²) in [5.41, 5.74) is 2.21. The van der Waals surface area contributed by atoms with Crippen LogP contribution in [0.1, 0.15) is 23.7 Å². The van der Waals surface area contributed by atoms with Crippen LogP contribution in [0.25, 0.3) is 11.1 Å². The highest BCUT2D eigenvalue weighted by molar-refractivity contribution is 5.99. The molecule has 0 radical (unpaired) electrons. The van der Waals surface area contributed by atoms with Crippen molar-refractivity contribution >= 4 is 11.8 Å². The molecule has 0 spiro atoms. The number of hydrogen-bond donors (Lipinski definition) is 1. The van der Waals surface area contributed by atoms with Crippen LogP contribution in [0.5, 0.6) is 0 Å². The number of rotatable bonds is 5. The molecule has 0 aliphatic heterocycles. The Kier molecular flexibility index (Phi) is 4.48. The molecule has 0 heterocycles. The van der Waals surface area contributed by atoms with Crippen LogP contribution in [0.3, 0.4) is 0 Å². The van der Waals surface area contributed by atoms with Crippen molar-refractivity contribution in [3.8, 4) is 11.1 Å². The van der Waals surface area contributed by atoms with Crippen LogP contribution >= 0.6 is 0 Å². The molecule has 0 aliphatic rings. The number of carbonyl (C=O) groups is 2. The molecule has 1 atom stereocenters. The highest BCUT2D eigenvalue weighted by atomic mass is 19.1. The van der Waals surface area contributed by atoms with Gasteiger partial charge in [0.15, 0.2) is 5.78 Å². The van der Waals surface area contributed by atoms with Crippen molar-refractivity contribution in [3.63, 3.8) is 0 Å². The fourth-order valence-corrected chi connectivity index (χ4v) is 2.11. The first-order valence-corrected chi connectivity index (χ1v) is 6.59. The van der Waals surface area contributed by atoms with Gasteiger partial charge >= 0.3 is 5.97 Å². The smallest absolute Gasteiger partial charge is 0.304 e. The Labute approximate surface area is 122 Å². The van der Waals surface area contributed by atoms with Crippen molar-refractivity contribution in [1.29, 1.82) is 0 Å². The van der Waals surface area contributed by atoms with Gasteiger partial charge < -0.3 is 5.11 Å². The van der Waals surface area contributed by atoms with E-state index in [0.29, 0.717) is 5.56 Å². The SMILES string of the molecule is CC(CC(=O)O)C(=O)c1ccc(-c2ccc(F)cc2)cc1. The van der Waals surface area contributed by atoms with Crippen molar-refractivity contribution < 1.29 is 19.1 Å². The molecule has 0 aliphatic carbocycles. The van der Waals surface area contributed by atoms with Gasteiger partial charge in [-0.2, -0.15) is 0 Å². The van der Waals surface area contributed by atoms with Gasteiger partial charge in [-0.1, -0.05) is 43.3 Å². The Balaban J connectivity index is 2.17. The molecule has 21 heavy (non-hydrogen) atoms. The predicted molar refractivity (Wildman–Crippen MR) is 77.6 cm³/mol. The maximum Gasteiger partial charge on any atom is 0.304 e. The van der Waals surface area contributed by atoms with E-state index >= 15 is 0 Å². The van der Waals surface area contributed by atoms with Crippen molar-refractivity contribution in [3.05, 3.63) is 59.9 Å². The zero-order valence-electron chi connectivity index (χ0n) is 11.5. The summed E-state index contributed by atoms with van der Waals surface area (Å²) in [6.07, 6.45) is -0.182. The lowest BCUT2D eigenvalue weighted by Crippen LogP contribution is -2.15. The van der Waals surface area contributed by atoms with Crippen LogP contribution in [0.4, 0.5) is 4.39 Å². The van der Waals surface area contributed by atoms with Gasteiger partial charge in [0.25, 0.3) is 0 Å². The Morgan fingerprint density at radius 1 is 1.00 bits per heavy atom. The van der Waals surface area contributed by atoms with E-state index in [1.54, 1.807) is 43.3 Å². The van der Waals surface area contributed by atoms with E-state index in [4.69, 9.17) is 5.11 Å². The first-order valence-electron chi connectivity index (χ1n) is 6.59. The normalized spacial score (nSPS) is 11.9.